The van der Waals surface area contributed by atoms with Crippen LogP contribution in [0.25, 0.3) is 0 Å². The molecule has 0 unspecified atom stereocenters. The molecule has 4 amide bonds. The highest BCUT2D eigenvalue weighted by Gasteiger charge is 2.74. The number of nitrogens with zero attached hydrogens (tertiary/aromatic N) is 4. The van der Waals surface area contributed by atoms with Gasteiger partial charge in [0, 0.05) is 13.1 Å². The van der Waals surface area contributed by atoms with Crippen molar-refractivity contribution < 1.29 is 19.2 Å². The second-order valence-corrected chi connectivity index (χ2v) is 11.2. The van der Waals surface area contributed by atoms with Crippen LogP contribution >= 0.6 is 0 Å². The number of allylic oxidation sites excluding steroid dienone is 2. The lowest BCUT2D eigenvalue weighted by Crippen LogP contribution is -2.63. The van der Waals surface area contributed by atoms with Crippen LogP contribution in [-0.4, -0.2) is 95.6 Å². The fraction of sp³-hybridized carbons (Fsp3) is 0.786. The van der Waals surface area contributed by atoms with Crippen LogP contribution in [0.3, 0.4) is 0 Å². The number of rotatable bonds is 12. The van der Waals surface area contributed by atoms with E-state index < -0.39 is 0 Å². The highest BCUT2D eigenvalue weighted by molar-refractivity contribution is 6.09. The van der Waals surface area contributed by atoms with Crippen LogP contribution in [0.4, 0.5) is 0 Å². The van der Waals surface area contributed by atoms with Crippen molar-refractivity contribution in [1.29, 1.82) is 0 Å². The third kappa shape index (κ3) is 3.70. The van der Waals surface area contributed by atoms with Gasteiger partial charge in [0.1, 0.15) is 0 Å². The van der Waals surface area contributed by atoms with Crippen LogP contribution in [0.5, 0.6) is 0 Å². The van der Waals surface area contributed by atoms with Gasteiger partial charge in [0.15, 0.2) is 0 Å². The molecule has 4 fully saturated rings. The summed E-state index contributed by atoms with van der Waals surface area (Å²) < 4.78 is 0. The summed E-state index contributed by atoms with van der Waals surface area (Å²) in [7, 11) is 0. The molecule has 2 heterocycles. The van der Waals surface area contributed by atoms with E-state index in [1.807, 2.05) is 0 Å². The highest BCUT2D eigenvalue weighted by Crippen LogP contribution is 2.68. The van der Waals surface area contributed by atoms with Crippen molar-refractivity contribution in [2.45, 2.75) is 40.5 Å². The van der Waals surface area contributed by atoms with Crippen molar-refractivity contribution in [2.24, 2.45) is 47.3 Å². The third-order valence-electron chi connectivity index (χ3n) is 10.0. The minimum absolute atomic E-state index is 0.0165. The Morgan fingerprint density at radius 2 is 0.917 bits per heavy atom. The first kappa shape index (κ1) is 25.6. The second kappa shape index (κ2) is 10.0. The van der Waals surface area contributed by atoms with Crippen molar-refractivity contribution in [3.63, 3.8) is 0 Å². The molecule has 8 atom stereocenters. The van der Waals surface area contributed by atoms with E-state index >= 15 is 0 Å². The molecule has 8 nitrogen and oxygen atoms in total. The van der Waals surface area contributed by atoms with E-state index in [-0.39, 0.29) is 71.0 Å². The SMILES string of the molecule is CCN(CC)CCCN1C(=O)[C@@H]2[C@H]3C=C[C@@H]([C@@H]2C1=O)[C@@H]1[C@@H]2C(=O)N(CCCN(CC)CC)C(=O)[C@@H]2[C@H]31. The van der Waals surface area contributed by atoms with Gasteiger partial charge in [-0.15, -0.1) is 0 Å². The molecule has 0 aromatic carbocycles. The number of imide groups is 2. The lowest BCUT2D eigenvalue weighted by atomic mass is 9.40. The molecule has 2 saturated heterocycles. The average Bonchev–Trinajstić information content (AvgIpc) is 3.24. The number of fused-ring (bicyclic) bond motifs is 1. The van der Waals surface area contributed by atoms with Gasteiger partial charge >= 0.3 is 0 Å². The zero-order valence-electron chi connectivity index (χ0n) is 22.3. The van der Waals surface area contributed by atoms with Crippen molar-refractivity contribution in [3.8, 4) is 0 Å². The topological polar surface area (TPSA) is 81.2 Å². The molecule has 2 saturated carbocycles. The Morgan fingerprint density at radius 1 is 0.583 bits per heavy atom. The fourth-order valence-electron chi connectivity index (χ4n) is 8.15. The molecular formula is C28H42N4O4. The van der Waals surface area contributed by atoms with Crippen LogP contribution in [0.15, 0.2) is 12.2 Å². The quantitative estimate of drug-likeness (QED) is 0.301. The van der Waals surface area contributed by atoms with E-state index in [0.29, 0.717) is 13.1 Å². The molecule has 0 spiro atoms. The normalized spacial score (nSPS) is 36.3. The summed E-state index contributed by atoms with van der Waals surface area (Å²) in [4.78, 5) is 61.3. The number of hydrogen-bond donors (Lipinski definition) is 0. The molecular weight excluding hydrogens is 456 g/mol. The highest BCUT2D eigenvalue weighted by atomic mass is 16.2. The number of carbonyl (C=O) groups excluding carboxylic acids is 4. The summed E-state index contributed by atoms with van der Waals surface area (Å²) in [6.45, 7) is 15.0. The van der Waals surface area contributed by atoms with Crippen molar-refractivity contribution in [2.75, 3.05) is 52.4 Å². The fourth-order valence-corrected chi connectivity index (χ4v) is 8.15. The first-order valence-corrected chi connectivity index (χ1v) is 14.2. The lowest BCUT2D eigenvalue weighted by molar-refractivity contribution is -0.166. The Balaban J connectivity index is 1.28. The predicted molar refractivity (Wildman–Crippen MR) is 135 cm³/mol. The van der Waals surface area contributed by atoms with Gasteiger partial charge in [-0.3, -0.25) is 29.0 Å². The van der Waals surface area contributed by atoms with Gasteiger partial charge in [-0.2, -0.15) is 0 Å². The first-order chi connectivity index (χ1) is 17.4. The molecule has 0 N–H and O–H groups in total. The van der Waals surface area contributed by atoms with Crippen molar-refractivity contribution in [1.82, 2.24) is 19.6 Å². The molecule has 0 aromatic rings. The Labute approximate surface area is 215 Å². The predicted octanol–water partition coefficient (Wildman–Crippen LogP) is 1.71. The molecule has 4 aliphatic carbocycles. The Morgan fingerprint density at radius 3 is 1.25 bits per heavy atom. The Kier molecular flexibility index (Phi) is 7.11. The molecule has 6 rings (SSSR count). The molecule has 2 aliphatic heterocycles. The van der Waals surface area contributed by atoms with E-state index in [1.165, 1.54) is 9.80 Å². The van der Waals surface area contributed by atoms with E-state index in [0.717, 1.165) is 52.1 Å². The summed E-state index contributed by atoms with van der Waals surface area (Å²) in [6, 6.07) is 0. The molecule has 36 heavy (non-hydrogen) atoms. The maximum Gasteiger partial charge on any atom is 0.233 e. The van der Waals surface area contributed by atoms with Gasteiger partial charge in [-0.05, 0) is 75.8 Å². The van der Waals surface area contributed by atoms with Gasteiger partial charge in [0.05, 0.1) is 23.7 Å². The summed E-state index contributed by atoms with van der Waals surface area (Å²) in [5, 5.41) is 0. The summed E-state index contributed by atoms with van der Waals surface area (Å²) in [6.07, 6.45) is 5.74. The Hall–Kier alpha value is -2.06. The van der Waals surface area contributed by atoms with Gasteiger partial charge in [0.2, 0.25) is 23.6 Å². The lowest BCUT2D eigenvalue weighted by Gasteiger charge is -2.60. The largest absolute Gasteiger partial charge is 0.304 e. The van der Waals surface area contributed by atoms with Gasteiger partial charge in [-0.25, -0.2) is 0 Å². The number of likely N-dealkylation sites (tertiary alicyclic amines) is 2. The zero-order valence-corrected chi connectivity index (χ0v) is 22.3. The second-order valence-electron chi connectivity index (χ2n) is 11.2. The van der Waals surface area contributed by atoms with Crippen LogP contribution in [0.2, 0.25) is 0 Å². The molecule has 0 aromatic heterocycles. The molecule has 8 heteroatoms. The smallest absolute Gasteiger partial charge is 0.233 e. The van der Waals surface area contributed by atoms with Gasteiger partial charge in [0.25, 0.3) is 0 Å². The average molecular weight is 499 g/mol. The molecule has 0 radical (unpaired) electrons. The standard InChI is InChI=1S/C28H42N4O4/c1-5-29(6-2)13-9-15-31-25(33)21-17-11-12-18(22(21)26(31)34)20-19(17)23-24(20)28(36)32(27(23)35)16-10-14-30(7-3)8-4/h11-12,17-24H,5-10,13-16H2,1-4H3/t17-,18+,19+,20-,21+,22-,23+,24-. The maximum absolute atomic E-state index is 13.5. The summed E-state index contributed by atoms with van der Waals surface area (Å²) in [5.74, 6) is -1.73. The summed E-state index contributed by atoms with van der Waals surface area (Å²) >= 11 is 0. The van der Waals surface area contributed by atoms with Crippen molar-refractivity contribution >= 4 is 23.6 Å². The van der Waals surface area contributed by atoms with Gasteiger partial charge in [-0.1, -0.05) is 39.8 Å². The van der Waals surface area contributed by atoms with Crippen LogP contribution in [0.1, 0.15) is 40.5 Å². The number of hydrogen-bond acceptors (Lipinski definition) is 6. The molecule has 6 aliphatic rings. The van der Waals surface area contributed by atoms with Crippen LogP contribution in [-0.2, 0) is 19.2 Å². The van der Waals surface area contributed by atoms with E-state index in [1.54, 1.807) is 0 Å². The minimum atomic E-state index is -0.359. The maximum atomic E-state index is 13.5. The third-order valence-corrected chi connectivity index (χ3v) is 10.0. The van der Waals surface area contributed by atoms with Crippen molar-refractivity contribution in [3.05, 3.63) is 12.2 Å². The monoisotopic (exact) mass is 498 g/mol. The summed E-state index contributed by atoms with van der Waals surface area (Å²) in [5.41, 5.74) is 0. The van der Waals surface area contributed by atoms with Crippen LogP contribution in [0, 0.1) is 47.3 Å². The molecule has 198 valence electrons. The number of amides is 4. The van der Waals surface area contributed by atoms with E-state index in [9.17, 15) is 19.2 Å². The van der Waals surface area contributed by atoms with E-state index in [4.69, 9.17) is 0 Å². The first-order valence-electron chi connectivity index (χ1n) is 14.2. The van der Waals surface area contributed by atoms with E-state index in [2.05, 4.69) is 49.6 Å². The Bertz CT molecular complexity index is 886. The zero-order chi connectivity index (χ0) is 25.7. The number of carbonyl (C=O) groups is 4. The minimum Gasteiger partial charge on any atom is -0.304 e. The van der Waals surface area contributed by atoms with Gasteiger partial charge < -0.3 is 9.80 Å². The molecule has 2 bridgehead atoms. The van der Waals surface area contributed by atoms with Crippen LogP contribution < -0.4 is 0 Å².